The van der Waals surface area contributed by atoms with E-state index in [1.807, 2.05) is 37.6 Å². The zero-order chi connectivity index (χ0) is 15.5. The molecule has 1 aromatic heterocycles. The van der Waals surface area contributed by atoms with Gasteiger partial charge in [0.15, 0.2) is 0 Å². The Morgan fingerprint density at radius 2 is 2.14 bits per heavy atom. The van der Waals surface area contributed by atoms with E-state index in [4.69, 9.17) is 4.74 Å². The van der Waals surface area contributed by atoms with Gasteiger partial charge in [-0.25, -0.2) is 4.79 Å². The van der Waals surface area contributed by atoms with Crippen molar-refractivity contribution >= 4 is 23.3 Å². The molecule has 0 unspecified atom stereocenters. The summed E-state index contributed by atoms with van der Waals surface area (Å²) in [7, 11) is 0. The monoisotopic (exact) mass is 310 g/mol. The van der Waals surface area contributed by atoms with Crippen LogP contribution in [0.15, 0.2) is 16.8 Å². The number of amides is 2. The Morgan fingerprint density at radius 1 is 1.43 bits per heavy atom. The lowest BCUT2D eigenvalue weighted by molar-refractivity contribution is -0.123. The summed E-state index contributed by atoms with van der Waals surface area (Å²) in [6.45, 7) is 7.31. The van der Waals surface area contributed by atoms with Gasteiger partial charge >= 0.3 is 6.09 Å². The molecule has 2 heterocycles. The highest BCUT2D eigenvalue weighted by Crippen LogP contribution is 2.22. The predicted molar refractivity (Wildman–Crippen MR) is 82.1 cm³/mol. The maximum Gasteiger partial charge on any atom is 0.410 e. The number of hydrogen-bond donors (Lipinski definition) is 1. The van der Waals surface area contributed by atoms with Gasteiger partial charge < -0.3 is 15.0 Å². The van der Waals surface area contributed by atoms with Crippen molar-refractivity contribution < 1.29 is 14.3 Å². The van der Waals surface area contributed by atoms with E-state index in [1.165, 1.54) is 0 Å². The van der Waals surface area contributed by atoms with Crippen molar-refractivity contribution in [1.29, 1.82) is 0 Å². The molecular formula is C15H22N2O3S. The van der Waals surface area contributed by atoms with Crippen LogP contribution in [0.4, 0.5) is 4.79 Å². The minimum atomic E-state index is -0.472. The zero-order valence-electron chi connectivity index (χ0n) is 12.7. The molecule has 1 aromatic rings. The van der Waals surface area contributed by atoms with Crippen LogP contribution < -0.4 is 5.32 Å². The smallest absolute Gasteiger partial charge is 0.410 e. The van der Waals surface area contributed by atoms with Crippen molar-refractivity contribution in [3.63, 3.8) is 0 Å². The van der Waals surface area contributed by atoms with Crippen LogP contribution in [-0.4, -0.2) is 35.6 Å². The van der Waals surface area contributed by atoms with Gasteiger partial charge in [0.05, 0.1) is 0 Å². The highest BCUT2D eigenvalue weighted by Gasteiger charge is 2.34. The maximum absolute atomic E-state index is 11.8. The van der Waals surface area contributed by atoms with Gasteiger partial charge in [-0.05, 0) is 43.2 Å². The van der Waals surface area contributed by atoms with Gasteiger partial charge in [-0.3, -0.25) is 4.79 Å². The lowest BCUT2D eigenvalue weighted by atomic mass is 9.96. The van der Waals surface area contributed by atoms with Crippen molar-refractivity contribution in [3.05, 3.63) is 22.4 Å². The average Bonchev–Trinajstić information content (AvgIpc) is 2.81. The van der Waals surface area contributed by atoms with E-state index in [0.717, 1.165) is 5.56 Å². The van der Waals surface area contributed by atoms with Crippen molar-refractivity contribution in [3.8, 4) is 0 Å². The molecule has 116 valence electrons. The molecule has 0 aromatic carbocycles. The number of ether oxygens (including phenoxy) is 1. The molecule has 1 saturated heterocycles. The van der Waals surface area contributed by atoms with Gasteiger partial charge in [-0.1, -0.05) is 0 Å². The van der Waals surface area contributed by atoms with Gasteiger partial charge in [0.25, 0.3) is 0 Å². The zero-order valence-corrected chi connectivity index (χ0v) is 13.5. The fourth-order valence-electron chi connectivity index (χ4n) is 2.10. The first-order valence-electron chi connectivity index (χ1n) is 7.09. The third-order valence-electron chi connectivity index (χ3n) is 3.15. The summed E-state index contributed by atoms with van der Waals surface area (Å²) in [4.78, 5) is 25.2. The van der Waals surface area contributed by atoms with Crippen molar-refractivity contribution in [2.45, 2.75) is 39.3 Å². The lowest BCUT2D eigenvalue weighted by Gasteiger charge is -2.39. The number of thiophene rings is 1. The minimum Gasteiger partial charge on any atom is -0.444 e. The molecule has 5 nitrogen and oxygen atoms in total. The molecular weight excluding hydrogens is 288 g/mol. The Balaban J connectivity index is 1.63. The van der Waals surface area contributed by atoms with E-state index in [-0.39, 0.29) is 17.9 Å². The largest absolute Gasteiger partial charge is 0.444 e. The molecule has 1 N–H and O–H groups in total. The molecule has 0 bridgehead atoms. The second-order valence-corrected chi connectivity index (χ2v) is 7.14. The molecule has 0 radical (unpaired) electrons. The number of nitrogens with one attached hydrogen (secondary N) is 1. The highest BCUT2D eigenvalue weighted by molar-refractivity contribution is 7.07. The van der Waals surface area contributed by atoms with E-state index in [0.29, 0.717) is 26.1 Å². The lowest BCUT2D eigenvalue weighted by Crippen LogP contribution is -2.52. The summed E-state index contributed by atoms with van der Waals surface area (Å²) in [5.74, 6) is 0.273. The van der Waals surface area contributed by atoms with Crippen molar-refractivity contribution in [2.75, 3.05) is 13.1 Å². The Labute approximate surface area is 129 Å². The molecule has 1 aliphatic heterocycles. The molecule has 6 heteroatoms. The Hall–Kier alpha value is -1.56. The summed E-state index contributed by atoms with van der Waals surface area (Å²) in [5.41, 5.74) is 0.650. The van der Waals surface area contributed by atoms with E-state index in [2.05, 4.69) is 5.32 Å². The van der Waals surface area contributed by atoms with Crippen LogP contribution >= 0.6 is 11.3 Å². The van der Waals surface area contributed by atoms with Gasteiger partial charge in [0, 0.05) is 32.0 Å². The average molecular weight is 310 g/mol. The molecule has 0 spiro atoms. The standard InChI is InChI=1S/C15H22N2O3S/c1-15(2,3)20-14(19)17-8-12(9-17)6-13(18)16-7-11-4-5-21-10-11/h4-5,10,12H,6-9H2,1-3H3,(H,16,18). The maximum atomic E-state index is 11.8. The number of rotatable bonds is 4. The van der Waals surface area contributed by atoms with Crippen molar-refractivity contribution in [2.24, 2.45) is 5.92 Å². The fourth-order valence-corrected chi connectivity index (χ4v) is 2.77. The van der Waals surface area contributed by atoms with Gasteiger partial charge in [-0.2, -0.15) is 11.3 Å². The van der Waals surface area contributed by atoms with E-state index in [9.17, 15) is 9.59 Å². The number of likely N-dealkylation sites (tertiary alicyclic amines) is 1. The molecule has 0 saturated carbocycles. The highest BCUT2D eigenvalue weighted by atomic mass is 32.1. The number of carbonyl (C=O) groups excluding carboxylic acids is 2. The van der Waals surface area contributed by atoms with Crippen LogP contribution in [0.5, 0.6) is 0 Å². The quantitative estimate of drug-likeness (QED) is 0.930. The summed E-state index contributed by atoms with van der Waals surface area (Å²) in [6, 6.07) is 2.00. The first kappa shape index (κ1) is 15.8. The van der Waals surface area contributed by atoms with Crippen LogP contribution in [0.2, 0.25) is 0 Å². The van der Waals surface area contributed by atoms with Crippen LogP contribution in [0.3, 0.4) is 0 Å². The van der Waals surface area contributed by atoms with Gasteiger partial charge in [0.2, 0.25) is 5.91 Å². The predicted octanol–water partition coefficient (Wildman–Crippen LogP) is 2.62. The van der Waals surface area contributed by atoms with Gasteiger partial charge in [-0.15, -0.1) is 0 Å². The third-order valence-corrected chi connectivity index (χ3v) is 3.88. The second kappa shape index (κ2) is 6.47. The second-order valence-electron chi connectivity index (χ2n) is 6.36. The van der Waals surface area contributed by atoms with Crippen molar-refractivity contribution in [1.82, 2.24) is 10.2 Å². The van der Waals surface area contributed by atoms with E-state index >= 15 is 0 Å². The minimum absolute atomic E-state index is 0.0371. The number of carbonyl (C=O) groups is 2. The SMILES string of the molecule is CC(C)(C)OC(=O)N1CC(CC(=O)NCc2ccsc2)C1. The first-order valence-corrected chi connectivity index (χ1v) is 8.03. The Bertz CT molecular complexity index is 488. The number of hydrogen-bond acceptors (Lipinski definition) is 4. The molecule has 0 atom stereocenters. The summed E-state index contributed by atoms with van der Waals surface area (Å²) >= 11 is 1.62. The summed E-state index contributed by atoms with van der Waals surface area (Å²) in [6.07, 6.45) is 0.168. The van der Waals surface area contributed by atoms with Crippen LogP contribution in [0.1, 0.15) is 32.8 Å². The third kappa shape index (κ3) is 5.04. The number of nitrogens with zero attached hydrogens (tertiary/aromatic N) is 1. The molecule has 1 aliphatic rings. The Morgan fingerprint density at radius 3 is 2.71 bits per heavy atom. The van der Waals surface area contributed by atoms with Crippen LogP contribution in [-0.2, 0) is 16.1 Å². The molecule has 21 heavy (non-hydrogen) atoms. The summed E-state index contributed by atoms with van der Waals surface area (Å²) < 4.78 is 5.28. The Kier molecular flexibility index (Phi) is 4.88. The normalized spacial score (nSPS) is 15.5. The first-order chi connectivity index (χ1) is 9.83. The van der Waals surface area contributed by atoms with Crippen LogP contribution in [0.25, 0.3) is 0 Å². The van der Waals surface area contributed by atoms with Crippen LogP contribution in [0, 0.1) is 5.92 Å². The molecule has 0 aliphatic carbocycles. The molecule has 2 amide bonds. The molecule has 2 rings (SSSR count). The van der Waals surface area contributed by atoms with E-state index < -0.39 is 5.60 Å². The summed E-state index contributed by atoms with van der Waals surface area (Å²) in [5, 5.41) is 6.91. The fraction of sp³-hybridized carbons (Fsp3) is 0.600. The topological polar surface area (TPSA) is 58.6 Å². The molecule has 1 fully saturated rings. The van der Waals surface area contributed by atoms with Gasteiger partial charge in [0.1, 0.15) is 5.60 Å². The van der Waals surface area contributed by atoms with E-state index in [1.54, 1.807) is 16.2 Å².